The normalized spacial score (nSPS) is 14.5. The number of hydrogen-bond donors (Lipinski definition) is 3. The first kappa shape index (κ1) is 20.9. The van der Waals surface area contributed by atoms with Gasteiger partial charge in [0.05, 0.1) is 12.6 Å². The third-order valence-corrected chi connectivity index (χ3v) is 5.30. The van der Waals surface area contributed by atoms with Gasteiger partial charge in [-0.25, -0.2) is 4.98 Å². The molecule has 1 saturated heterocycles. The number of hydrogen-bond acceptors (Lipinski definition) is 7. The summed E-state index contributed by atoms with van der Waals surface area (Å²) in [5, 5.41) is 3.91. The molecule has 29 heavy (non-hydrogen) atoms. The van der Waals surface area contributed by atoms with Crippen molar-refractivity contribution in [2.24, 2.45) is 0 Å². The van der Waals surface area contributed by atoms with Crippen molar-refractivity contribution in [1.82, 2.24) is 21.1 Å². The van der Waals surface area contributed by atoms with Crippen LogP contribution in [0.15, 0.2) is 35.3 Å². The van der Waals surface area contributed by atoms with Crippen molar-refractivity contribution in [3.05, 3.63) is 46.4 Å². The van der Waals surface area contributed by atoms with Crippen LogP contribution >= 0.6 is 11.6 Å². The van der Waals surface area contributed by atoms with Gasteiger partial charge in [-0.3, -0.25) is 4.79 Å². The Balaban J connectivity index is 0.00000240. The summed E-state index contributed by atoms with van der Waals surface area (Å²) in [4.78, 5) is 26.6. The van der Waals surface area contributed by atoms with Crippen LogP contribution in [0.25, 0.3) is 10.9 Å². The molecule has 1 aliphatic heterocycles. The van der Waals surface area contributed by atoms with Gasteiger partial charge in [0.2, 0.25) is 5.95 Å². The van der Waals surface area contributed by atoms with E-state index in [2.05, 4.69) is 20.2 Å². The quantitative estimate of drug-likeness (QED) is 0.554. The number of fused-ring (bicyclic) bond motifs is 1. The number of alkyl halides is 1. The van der Waals surface area contributed by atoms with Gasteiger partial charge in [0.25, 0.3) is 5.56 Å². The van der Waals surface area contributed by atoms with Gasteiger partial charge >= 0.3 is 0 Å². The van der Waals surface area contributed by atoms with E-state index < -0.39 is 0 Å². The maximum atomic E-state index is 12.5. The fourth-order valence-electron chi connectivity index (χ4n) is 3.43. The number of nitrogens with one attached hydrogen (secondary N) is 2. The van der Waals surface area contributed by atoms with Crippen molar-refractivity contribution >= 4 is 40.0 Å². The van der Waals surface area contributed by atoms with E-state index >= 15 is 0 Å². The molecule has 0 saturated carbocycles. The molecule has 3 aromatic rings. The molecule has 4 rings (SSSR count). The maximum Gasteiger partial charge on any atom is 0.261 e. The van der Waals surface area contributed by atoms with Crippen LogP contribution in [0.1, 0.15) is 18.4 Å². The zero-order valence-electron chi connectivity index (χ0n) is 16.5. The number of pyridine rings is 1. The van der Waals surface area contributed by atoms with Gasteiger partial charge in [-0.1, -0.05) is 0 Å². The highest BCUT2D eigenvalue weighted by Crippen LogP contribution is 2.28. The second kappa shape index (κ2) is 8.67. The molecule has 3 heterocycles. The number of H-pyrrole nitrogens is 1. The van der Waals surface area contributed by atoms with Gasteiger partial charge in [-0.2, -0.15) is 4.98 Å². The molecule has 0 unspecified atom stereocenters. The standard InChI is InChI=1S/C20H22ClN5O2.H3N/c1-12-9-14(11-15(10-12)28-2)23-18-17-16(3-6-22-19(17)27)24-20(25-18)26-7-4-13(21)5-8-26;/h3,6,9-11,13H,4-5,7-8H2,1-2H3,(H,22,27)(H,23,24,25);1H3. The number of aryl methyl sites for hydroxylation is 1. The summed E-state index contributed by atoms with van der Waals surface area (Å²) in [6.45, 7) is 3.57. The first-order valence-electron chi connectivity index (χ1n) is 9.24. The van der Waals surface area contributed by atoms with Crippen LogP contribution in [0.2, 0.25) is 0 Å². The molecule has 1 fully saturated rings. The number of aromatic nitrogens is 3. The van der Waals surface area contributed by atoms with Crippen molar-refractivity contribution in [3.63, 3.8) is 0 Å². The van der Waals surface area contributed by atoms with Gasteiger partial charge in [0.15, 0.2) is 0 Å². The van der Waals surface area contributed by atoms with E-state index in [4.69, 9.17) is 21.3 Å². The van der Waals surface area contributed by atoms with Gasteiger partial charge in [-0.15, -0.1) is 11.6 Å². The topological polar surface area (TPSA) is 118 Å². The van der Waals surface area contributed by atoms with E-state index in [1.807, 2.05) is 25.1 Å². The Hall–Kier alpha value is -2.84. The molecule has 0 atom stereocenters. The molecule has 0 radical (unpaired) electrons. The van der Waals surface area contributed by atoms with Crippen LogP contribution in [0.4, 0.5) is 17.5 Å². The van der Waals surface area contributed by atoms with Crippen molar-refractivity contribution in [1.29, 1.82) is 0 Å². The molecule has 9 heteroatoms. The second-order valence-electron chi connectivity index (χ2n) is 6.96. The highest BCUT2D eigenvalue weighted by Gasteiger charge is 2.21. The number of piperidine rings is 1. The maximum absolute atomic E-state index is 12.5. The Morgan fingerprint density at radius 1 is 1.24 bits per heavy atom. The van der Waals surface area contributed by atoms with Crippen LogP contribution < -0.4 is 26.7 Å². The van der Waals surface area contributed by atoms with Gasteiger partial charge < -0.3 is 26.1 Å². The van der Waals surface area contributed by atoms with Crippen molar-refractivity contribution < 1.29 is 4.74 Å². The Morgan fingerprint density at radius 3 is 2.72 bits per heavy atom. The molecule has 0 aliphatic carbocycles. The largest absolute Gasteiger partial charge is 0.497 e. The summed E-state index contributed by atoms with van der Waals surface area (Å²) in [5.41, 5.74) is 2.21. The highest BCUT2D eigenvalue weighted by molar-refractivity contribution is 6.20. The fraction of sp³-hybridized carbons (Fsp3) is 0.350. The lowest BCUT2D eigenvalue weighted by atomic mass is 10.1. The summed E-state index contributed by atoms with van der Waals surface area (Å²) in [5.74, 6) is 1.81. The predicted molar refractivity (Wildman–Crippen MR) is 117 cm³/mol. The zero-order valence-corrected chi connectivity index (χ0v) is 17.3. The molecule has 2 aromatic heterocycles. The first-order chi connectivity index (χ1) is 13.5. The van der Waals surface area contributed by atoms with E-state index in [9.17, 15) is 4.79 Å². The summed E-state index contributed by atoms with van der Waals surface area (Å²) in [6.07, 6.45) is 3.37. The van der Waals surface area contributed by atoms with Crippen LogP contribution in [0, 0.1) is 6.92 Å². The van der Waals surface area contributed by atoms with Gasteiger partial charge in [-0.05, 0) is 43.5 Å². The number of ether oxygens (including phenoxy) is 1. The Bertz CT molecular complexity index is 1060. The highest BCUT2D eigenvalue weighted by atomic mass is 35.5. The Morgan fingerprint density at radius 2 is 2.00 bits per heavy atom. The monoisotopic (exact) mass is 416 g/mol. The Kier molecular flexibility index (Phi) is 6.24. The third-order valence-electron chi connectivity index (χ3n) is 4.86. The lowest BCUT2D eigenvalue weighted by molar-refractivity contribution is 0.414. The predicted octanol–water partition coefficient (Wildman–Crippen LogP) is 3.75. The molecule has 0 bridgehead atoms. The zero-order chi connectivity index (χ0) is 19.7. The summed E-state index contributed by atoms with van der Waals surface area (Å²) < 4.78 is 5.35. The summed E-state index contributed by atoms with van der Waals surface area (Å²) >= 11 is 6.23. The number of rotatable bonds is 4. The van der Waals surface area contributed by atoms with Crippen LogP contribution in [-0.4, -0.2) is 40.5 Å². The SMILES string of the molecule is COc1cc(C)cc(Nc2nc(N3CCC(Cl)CC3)nc3cc[nH]c(=O)c23)c1.N. The smallest absolute Gasteiger partial charge is 0.261 e. The second-order valence-corrected chi connectivity index (χ2v) is 7.58. The lowest BCUT2D eigenvalue weighted by Crippen LogP contribution is -2.35. The number of anilines is 3. The van der Waals surface area contributed by atoms with Crippen LogP contribution in [-0.2, 0) is 0 Å². The van der Waals surface area contributed by atoms with E-state index in [1.165, 1.54) is 0 Å². The number of nitrogens with zero attached hydrogens (tertiary/aromatic N) is 3. The number of aromatic amines is 1. The minimum absolute atomic E-state index is 0. The molecule has 0 spiro atoms. The van der Waals surface area contributed by atoms with Gasteiger partial charge in [0.1, 0.15) is 17.0 Å². The molecule has 5 N–H and O–H groups in total. The molecule has 8 nitrogen and oxygen atoms in total. The van der Waals surface area contributed by atoms with Crippen molar-refractivity contribution in [2.75, 3.05) is 30.4 Å². The molecule has 154 valence electrons. The van der Waals surface area contributed by atoms with E-state index in [0.717, 1.165) is 42.9 Å². The van der Waals surface area contributed by atoms with E-state index in [-0.39, 0.29) is 17.1 Å². The van der Waals surface area contributed by atoms with Crippen molar-refractivity contribution in [2.45, 2.75) is 25.1 Å². The van der Waals surface area contributed by atoms with Crippen LogP contribution in [0.5, 0.6) is 5.75 Å². The van der Waals surface area contributed by atoms with E-state index in [1.54, 1.807) is 19.4 Å². The molecule has 0 amide bonds. The van der Waals surface area contributed by atoms with E-state index in [0.29, 0.717) is 22.7 Å². The Labute approximate surface area is 173 Å². The lowest BCUT2D eigenvalue weighted by Gasteiger charge is -2.29. The molecular formula is C20H25ClN6O2. The van der Waals surface area contributed by atoms with Crippen LogP contribution in [0.3, 0.4) is 0 Å². The number of benzene rings is 1. The third kappa shape index (κ3) is 4.44. The molecular weight excluding hydrogens is 392 g/mol. The summed E-state index contributed by atoms with van der Waals surface area (Å²) in [7, 11) is 1.63. The van der Waals surface area contributed by atoms with Gasteiger partial charge in [0, 0.05) is 36.4 Å². The average Bonchev–Trinajstić information content (AvgIpc) is 2.68. The summed E-state index contributed by atoms with van der Waals surface area (Å²) in [6, 6.07) is 7.58. The molecule has 1 aromatic carbocycles. The minimum Gasteiger partial charge on any atom is -0.497 e. The average molecular weight is 417 g/mol. The number of methoxy groups -OCH3 is 1. The minimum atomic E-state index is -0.231. The fourth-order valence-corrected chi connectivity index (χ4v) is 3.63. The first-order valence-corrected chi connectivity index (χ1v) is 9.68. The van der Waals surface area contributed by atoms with Crippen molar-refractivity contribution in [3.8, 4) is 5.75 Å². The number of halogens is 1. The molecule has 1 aliphatic rings.